The summed E-state index contributed by atoms with van der Waals surface area (Å²) in [7, 11) is 0.816. The first-order valence-corrected chi connectivity index (χ1v) is 6.77. The van der Waals surface area contributed by atoms with Crippen LogP contribution in [-0.4, -0.2) is 45.9 Å². The predicted molar refractivity (Wildman–Crippen MR) is 60.7 cm³/mol. The van der Waals surface area contributed by atoms with E-state index in [1.54, 1.807) is 13.3 Å². The number of nitrogens with zero attached hydrogens (tertiary/aromatic N) is 2. The molecule has 15 heavy (non-hydrogen) atoms. The van der Waals surface area contributed by atoms with Crippen molar-refractivity contribution in [1.29, 1.82) is 0 Å². The van der Waals surface area contributed by atoms with E-state index in [9.17, 15) is 9.00 Å². The minimum absolute atomic E-state index is 0.278. The molecule has 2 N–H and O–H groups in total. The lowest BCUT2D eigenvalue weighted by atomic mass is 10.6. The SMILES string of the molecule is CNc1nnc(C(=O)NCCS(C)=O)s1. The van der Waals surface area contributed by atoms with E-state index in [1.165, 1.54) is 11.3 Å². The summed E-state index contributed by atoms with van der Waals surface area (Å²) in [5.41, 5.74) is 0. The number of aromatic nitrogens is 2. The molecule has 1 unspecified atom stereocenters. The Kier molecular flexibility index (Phi) is 4.63. The van der Waals surface area contributed by atoms with Crippen LogP contribution in [-0.2, 0) is 10.8 Å². The zero-order valence-corrected chi connectivity index (χ0v) is 10.1. The van der Waals surface area contributed by atoms with E-state index >= 15 is 0 Å². The summed E-state index contributed by atoms with van der Waals surface area (Å²) < 4.78 is 10.7. The van der Waals surface area contributed by atoms with Crippen LogP contribution >= 0.6 is 11.3 Å². The lowest BCUT2D eigenvalue weighted by molar-refractivity contribution is 0.0955. The summed E-state index contributed by atoms with van der Waals surface area (Å²) in [6.07, 6.45) is 1.59. The van der Waals surface area contributed by atoms with Crippen LogP contribution in [0.4, 0.5) is 5.13 Å². The van der Waals surface area contributed by atoms with Gasteiger partial charge >= 0.3 is 0 Å². The summed E-state index contributed by atoms with van der Waals surface area (Å²) in [4.78, 5) is 11.4. The lowest BCUT2D eigenvalue weighted by Gasteiger charge is -1.99. The molecule has 0 aliphatic heterocycles. The molecule has 0 radical (unpaired) electrons. The van der Waals surface area contributed by atoms with E-state index in [4.69, 9.17) is 0 Å². The van der Waals surface area contributed by atoms with Crippen molar-refractivity contribution in [2.45, 2.75) is 0 Å². The van der Waals surface area contributed by atoms with E-state index in [2.05, 4.69) is 20.8 Å². The van der Waals surface area contributed by atoms with Crippen molar-refractivity contribution in [3.05, 3.63) is 5.01 Å². The zero-order chi connectivity index (χ0) is 11.3. The normalized spacial score (nSPS) is 12.1. The number of nitrogens with one attached hydrogen (secondary N) is 2. The van der Waals surface area contributed by atoms with Gasteiger partial charge in [-0.05, 0) is 0 Å². The molecule has 1 heterocycles. The van der Waals surface area contributed by atoms with E-state index in [0.717, 1.165) is 0 Å². The van der Waals surface area contributed by atoms with Crippen molar-refractivity contribution in [2.75, 3.05) is 30.9 Å². The van der Waals surface area contributed by atoms with Crippen LogP contribution in [0, 0.1) is 0 Å². The Balaban J connectivity index is 2.43. The van der Waals surface area contributed by atoms with Crippen LogP contribution < -0.4 is 10.6 Å². The van der Waals surface area contributed by atoms with Gasteiger partial charge in [-0.2, -0.15) is 0 Å². The third-order valence-corrected chi connectivity index (χ3v) is 3.23. The molecule has 1 rings (SSSR count). The number of hydrogen-bond donors (Lipinski definition) is 2. The number of rotatable bonds is 5. The third kappa shape index (κ3) is 3.92. The number of carbonyl (C=O) groups is 1. The first-order chi connectivity index (χ1) is 7.13. The van der Waals surface area contributed by atoms with Crippen molar-refractivity contribution >= 4 is 33.2 Å². The van der Waals surface area contributed by atoms with E-state index in [1.807, 2.05) is 0 Å². The quantitative estimate of drug-likeness (QED) is 0.746. The second kappa shape index (κ2) is 5.76. The molecule has 1 aromatic rings. The van der Waals surface area contributed by atoms with Crippen LogP contribution in [0.15, 0.2) is 0 Å². The Morgan fingerprint density at radius 1 is 1.53 bits per heavy atom. The maximum absolute atomic E-state index is 11.4. The minimum atomic E-state index is -0.894. The van der Waals surface area contributed by atoms with E-state index in [-0.39, 0.29) is 5.91 Å². The molecule has 84 valence electrons. The standard InChI is InChI=1S/C7H12N4O2S2/c1-8-7-11-10-6(14-7)5(12)9-3-4-15(2)13/h3-4H2,1-2H3,(H,8,11)(H,9,12). The Bertz CT molecular complexity index is 366. The Labute approximate surface area is 93.9 Å². The van der Waals surface area contributed by atoms with Gasteiger partial charge in [0.2, 0.25) is 10.1 Å². The van der Waals surface area contributed by atoms with Gasteiger partial charge in [-0.25, -0.2) is 0 Å². The predicted octanol–water partition coefficient (Wildman–Crippen LogP) is -0.312. The number of amides is 1. The molecule has 0 aliphatic carbocycles. The van der Waals surface area contributed by atoms with E-state index in [0.29, 0.717) is 22.4 Å². The highest BCUT2D eigenvalue weighted by atomic mass is 32.2. The minimum Gasteiger partial charge on any atom is -0.363 e. The van der Waals surface area contributed by atoms with Crippen LogP contribution in [0.25, 0.3) is 0 Å². The highest BCUT2D eigenvalue weighted by molar-refractivity contribution is 7.84. The maximum Gasteiger partial charge on any atom is 0.282 e. The van der Waals surface area contributed by atoms with Gasteiger partial charge in [0, 0.05) is 36.4 Å². The van der Waals surface area contributed by atoms with Crippen molar-refractivity contribution in [2.24, 2.45) is 0 Å². The van der Waals surface area contributed by atoms with Gasteiger partial charge in [0.15, 0.2) is 0 Å². The molecule has 0 aromatic carbocycles. The van der Waals surface area contributed by atoms with Gasteiger partial charge in [0.05, 0.1) is 0 Å². The van der Waals surface area contributed by atoms with Crippen molar-refractivity contribution in [1.82, 2.24) is 15.5 Å². The largest absolute Gasteiger partial charge is 0.363 e. The number of hydrogen-bond acceptors (Lipinski definition) is 6. The third-order valence-electron chi connectivity index (χ3n) is 1.51. The Morgan fingerprint density at radius 2 is 2.27 bits per heavy atom. The van der Waals surface area contributed by atoms with E-state index < -0.39 is 10.8 Å². The van der Waals surface area contributed by atoms with Gasteiger partial charge in [-0.1, -0.05) is 11.3 Å². The van der Waals surface area contributed by atoms with Crippen LogP contribution in [0.2, 0.25) is 0 Å². The fraction of sp³-hybridized carbons (Fsp3) is 0.571. The fourth-order valence-electron chi connectivity index (χ4n) is 0.800. The molecule has 0 saturated heterocycles. The van der Waals surface area contributed by atoms with Crippen molar-refractivity contribution < 1.29 is 9.00 Å². The summed E-state index contributed by atoms with van der Waals surface area (Å²) in [5, 5.41) is 13.8. The van der Waals surface area contributed by atoms with Gasteiger partial charge in [-0.3, -0.25) is 9.00 Å². The molecule has 6 nitrogen and oxygen atoms in total. The lowest BCUT2D eigenvalue weighted by Crippen LogP contribution is -2.27. The summed E-state index contributed by atoms with van der Waals surface area (Å²) >= 11 is 1.18. The first-order valence-electron chi connectivity index (χ1n) is 4.23. The maximum atomic E-state index is 11.4. The number of anilines is 1. The fourth-order valence-corrected chi connectivity index (χ4v) is 1.80. The molecule has 0 fully saturated rings. The topological polar surface area (TPSA) is 84.0 Å². The van der Waals surface area contributed by atoms with Crippen molar-refractivity contribution in [3.8, 4) is 0 Å². The molecular formula is C7H12N4O2S2. The molecule has 0 saturated carbocycles. The molecular weight excluding hydrogens is 236 g/mol. The highest BCUT2D eigenvalue weighted by Gasteiger charge is 2.11. The Morgan fingerprint density at radius 3 is 2.80 bits per heavy atom. The molecule has 1 aromatic heterocycles. The average molecular weight is 248 g/mol. The monoisotopic (exact) mass is 248 g/mol. The summed E-state index contributed by atoms with van der Waals surface area (Å²) in [6, 6.07) is 0. The highest BCUT2D eigenvalue weighted by Crippen LogP contribution is 2.13. The second-order valence-electron chi connectivity index (χ2n) is 2.70. The summed E-state index contributed by atoms with van der Waals surface area (Å²) in [6.45, 7) is 0.385. The van der Waals surface area contributed by atoms with Gasteiger partial charge in [0.1, 0.15) is 0 Å². The van der Waals surface area contributed by atoms with Crippen LogP contribution in [0.1, 0.15) is 9.80 Å². The molecule has 0 aliphatic rings. The van der Waals surface area contributed by atoms with Gasteiger partial charge < -0.3 is 10.6 Å². The second-order valence-corrected chi connectivity index (χ2v) is 5.23. The smallest absolute Gasteiger partial charge is 0.282 e. The molecule has 0 bridgehead atoms. The first kappa shape index (κ1) is 12.1. The van der Waals surface area contributed by atoms with Crippen molar-refractivity contribution in [3.63, 3.8) is 0 Å². The number of carbonyl (C=O) groups excluding carboxylic acids is 1. The molecule has 1 atom stereocenters. The molecule has 0 spiro atoms. The van der Waals surface area contributed by atoms with Crippen LogP contribution in [0.3, 0.4) is 0 Å². The summed E-state index contributed by atoms with van der Waals surface area (Å²) in [5.74, 6) is 0.170. The Hall–Kier alpha value is -1.02. The molecule has 1 amide bonds. The van der Waals surface area contributed by atoms with Gasteiger partial charge in [-0.15, -0.1) is 10.2 Å². The van der Waals surface area contributed by atoms with Gasteiger partial charge in [0.25, 0.3) is 5.91 Å². The average Bonchev–Trinajstić information content (AvgIpc) is 2.65. The molecule has 8 heteroatoms. The zero-order valence-electron chi connectivity index (χ0n) is 8.44. The van der Waals surface area contributed by atoms with Crippen LogP contribution in [0.5, 0.6) is 0 Å².